The second-order valence-electron chi connectivity index (χ2n) is 16.7. The van der Waals surface area contributed by atoms with Gasteiger partial charge in [0.2, 0.25) is 11.8 Å². The monoisotopic (exact) mass is 788 g/mol. The van der Waals surface area contributed by atoms with Gasteiger partial charge in [-0.2, -0.15) is 0 Å². The SMILES string of the molecule is C[C@H]1C=C2C=C[C@H](C)[C@H](CC[C@@H]3C[C@@H](O)CC(=O)O3)[C@H]2[C@@H](OC(=O)NCCCCCCCCCCCNc2cccc3c2C(=O)N(C2CCC(=O)NC2=O)C3=O)C1. The van der Waals surface area contributed by atoms with Gasteiger partial charge in [-0.1, -0.05) is 83.1 Å². The minimum absolute atomic E-state index is 0.0636. The highest BCUT2D eigenvalue weighted by Gasteiger charge is 2.46. The smallest absolute Gasteiger partial charge is 0.407 e. The maximum Gasteiger partial charge on any atom is 0.407 e. The van der Waals surface area contributed by atoms with Crippen molar-refractivity contribution in [1.82, 2.24) is 15.5 Å². The third-order valence-electron chi connectivity index (χ3n) is 12.3. The predicted molar refractivity (Wildman–Crippen MR) is 213 cm³/mol. The van der Waals surface area contributed by atoms with Crippen molar-refractivity contribution in [3.05, 3.63) is 53.1 Å². The second kappa shape index (κ2) is 19.8. The summed E-state index contributed by atoms with van der Waals surface area (Å²) in [7, 11) is 0. The van der Waals surface area contributed by atoms with E-state index in [9.17, 15) is 33.9 Å². The number of rotatable bonds is 18. The predicted octanol–water partition coefficient (Wildman–Crippen LogP) is 6.36. The molecule has 0 bridgehead atoms. The summed E-state index contributed by atoms with van der Waals surface area (Å²) >= 11 is 0. The van der Waals surface area contributed by atoms with Crippen molar-refractivity contribution in [2.24, 2.45) is 23.7 Å². The number of amides is 5. The molecular weight excluding hydrogens is 729 g/mol. The maximum absolute atomic E-state index is 13.3. The molecule has 2 saturated heterocycles. The van der Waals surface area contributed by atoms with Gasteiger partial charge >= 0.3 is 12.1 Å². The molecule has 1 aromatic rings. The van der Waals surface area contributed by atoms with E-state index in [1.807, 2.05) is 0 Å². The van der Waals surface area contributed by atoms with E-state index >= 15 is 0 Å². The average Bonchev–Trinajstić information content (AvgIpc) is 3.41. The largest absolute Gasteiger partial charge is 0.462 e. The quantitative estimate of drug-likeness (QED) is 0.0743. The number of unbranched alkanes of at least 4 members (excludes halogenated alkanes) is 8. The highest BCUT2D eigenvalue weighted by molar-refractivity contribution is 6.25. The van der Waals surface area contributed by atoms with Crippen molar-refractivity contribution in [2.75, 3.05) is 18.4 Å². The Kier molecular flexibility index (Phi) is 14.6. The van der Waals surface area contributed by atoms with Crippen LogP contribution in [-0.4, -0.2) is 83.1 Å². The summed E-state index contributed by atoms with van der Waals surface area (Å²) in [6.07, 6.45) is 17.8. The number of allylic oxidation sites excluding steroid dienone is 3. The number of ether oxygens (including phenoxy) is 2. The maximum atomic E-state index is 13.3. The number of cyclic esters (lactones) is 1. The lowest BCUT2D eigenvalue weighted by atomic mass is 9.65. The lowest BCUT2D eigenvalue weighted by molar-refractivity contribution is -0.160. The molecule has 2 fully saturated rings. The van der Waals surface area contributed by atoms with E-state index in [-0.39, 0.29) is 66.5 Å². The van der Waals surface area contributed by atoms with Gasteiger partial charge in [-0.25, -0.2) is 4.79 Å². The van der Waals surface area contributed by atoms with Gasteiger partial charge in [0.05, 0.1) is 23.7 Å². The first-order valence-electron chi connectivity index (χ1n) is 21.3. The number of esters is 1. The van der Waals surface area contributed by atoms with Crippen LogP contribution in [-0.2, 0) is 23.9 Å². The third kappa shape index (κ3) is 10.7. The zero-order valence-electron chi connectivity index (χ0n) is 33.5. The zero-order valence-corrected chi connectivity index (χ0v) is 33.5. The van der Waals surface area contributed by atoms with Crippen LogP contribution in [0.2, 0.25) is 0 Å². The number of imide groups is 2. The number of aliphatic hydroxyl groups is 1. The summed E-state index contributed by atoms with van der Waals surface area (Å²) in [6, 6.07) is 4.13. The van der Waals surface area contributed by atoms with E-state index in [1.54, 1.807) is 18.2 Å². The molecule has 0 aromatic heterocycles. The zero-order chi connectivity index (χ0) is 40.5. The second-order valence-corrected chi connectivity index (χ2v) is 16.7. The standard InChI is InChI=1S/C44H60N4O9/c1-27-23-29-16-15-28(2)32(18-17-31-25-30(49)26-38(51)56-31)39(29)36(24-27)57-44(55)46-22-11-9-7-5-3-4-6-8-10-21-45-34-14-12-13-33-40(34)43(54)48(42(33)53)35-19-20-37(50)47-41(35)52/h12-16,23,27-28,30-32,35-36,39,45,49H,3-11,17-22,24-26H2,1-2H3,(H,46,55)(H,47,50,52)/t27-,28-,30+,31+,32-,35?,36-,39-/m0/s1. The normalized spacial score (nSPS) is 28.3. The Bertz CT molecular complexity index is 1720. The molecule has 0 radical (unpaired) electrons. The molecule has 1 aromatic carbocycles. The molecule has 0 saturated carbocycles. The number of carbonyl (C=O) groups is 6. The molecule has 8 atom stereocenters. The van der Waals surface area contributed by atoms with Crippen molar-refractivity contribution in [1.29, 1.82) is 0 Å². The number of alkyl carbamates (subject to hydrolysis) is 1. The van der Waals surface area contributed by atoms with E-state index in [4.69, 9.17) is 9.47 Å². The number of anilines is 1. The van der Waals surface area contributed by atoms with Crippen LogP contribution in [0.4, 0.5) is 10.5 Å². The average molecular weight is 789 g/mol. The molecule has 57 heavy (non-hydrogen) atoms. The van der Waals surface area contributed by atoms with Crippen molar-refractivity contribution in [3.63, 3.8) is 0 Å². The fourth-order valence-corrected chi connectivity index (χ4v) is 9.38. The van der Waals surface area contributed by atoms with Crippen LogP contribution in [0.5, 0.6) is 0 Å². The lowest BCUT2D eigenvalue weighted by Crippen LogP contribution is -2.54. The topological polar surface area (TPSA) is 180 Å². The van der Waals surface area contributed by atoms with Crippen molar-refractivity contribution >= 4 is 41.4 Å². The van der Waals surface area contributed by atoms with Crippen LogP contribution in [0.15, 0.2) is 42.0 Å². The molecule has 13 nitrogen and oxygen atoms in total. The molecule has 2 aliphatic carbocycles. The number of hydrogen-bond acceptors (Lipinski definition) is 10. The number of aliphatic hydroxyl groups excluding tert-OH is 1. The summed E-state index contributed by atoms with van der Waals surface area (Å²) in [5.74, 6) is -1.42. The molecule has 0 spiro atoms. The number of carbonyl (C=O) groups excluding carboxylic acids is 6. The molecule has 3 aliphatic heterocycles. The number of nitrogens with zero attached hydrogens (tertiary/aromatic N) is 1. The Morgan fingerprint density at radius 1 is 0.930 bits per heavy atom. The minimum atomic E-state index is -0.981. The highest BCUT2D eigenvalue weighted by atomic mass is 16.6. The van der Waals surface area contributed by atoms with Gasteiger partial charge in [0, 0.05) is 37.5 Å². The first kappa shape index (κ1) is 42.1. The number of benzene rings is 1. The van der Waals surface area contributed by atoms with E-state index in [0.29, 0.717) is 43.5 Å². The Morgan fingerprint density at radius 3 is 2.37 bits per heavy atom. The van der Waals surface area contributed by atoms with Crippen LogP contribution in [0.1, 0.15) is 137 Å². The molecule has 6 rings (SSSR count). The molecule has 4 N–H and O–H groups in total. The van der Waals surface area contributed by atoms with Crippen molar-refractivity contribution < 1.29 is 43.3 Å². The first-order valence-corrected chi connectivity index (χ1v) is 21.3. The number of hydrogen-bond donors (Lipinski definition) is 4. The van der Waals surface area contributed by atoms with E-state index in [0.717, 1.165) is 75.5 Å². The summed E-state index contributed by atoms with van der Waals surface area (Å²) in [5.41, 5.74) is 2.37. The first-order chi connectivity index (χ1) is 27.5. The highest BCUT2D eigenvalue weighted by Crippen LogP contribution is 2.45. The van der Waals surface area contributed by atoms with E-state index < -0.39 is 35.8 Å². The van der Waals surface area contributed by atoms with Crippen LogP contribution < -0.4 is 16.0 Å². The molecule has 13 heteroatoms. The van der Waals surface area contributed by atoms with Crippen LogP contribution >= 0.6 is 0 Å². The summed E-state index contributed by atoms with van der Waals surface area (Å²) in [6.45, 7) is 5.59. The number of nitrogens with one attached hydrogen (secondary N) is 3. The minimum Gasteiger partial charge on any atom is -0.462 e. The molecule has 5 aliphatic rings. The van der Waals surface area contributed by atoms with E-state index in [1.165, 1.54) is 5.57 Å². The molecule has 310 valence electrons. The van der Waals surface area contributed by atoms with Crippen molar-refractivity contribution in [2.45, 2.75) is 141 Å². The van der Waals surface area contributed by atoms with Gasteiger partial charge in [0.25, 0.3) is 11.8 Å². The van der Waals surface area contributed by atoms with Gasteiger partial charge in [0.1, 0.15) is 18.2 Å². The van der Waals surface area contributed by atoms with Crippen LogP contribution in [0, 0.1) is 23.7 Å². The summed E-state index contributed by atoms with van der Waals surface area (Å²) in [4.78, 5) is 76.1. The number of fused-ring (bicyclic) bond motifs is 2. The fourth-order valence-electron chi connectivity index (χ4n) is 9.38. The summed E-state index contributed by atoms with van der Waals surface area (Å²) < 4.78 is 11.6. The lowest BCUT2D eigenvalue weighted by Gasteiger charge is -2.43. The van der Waals surface area contributed by atoms with Gasteiger partial charge < -0.3 is 25.2 Å². The van der Waals surface area contributed by atoms with Crippen molar-refractivity contribution in [3.8, 4) is 0 Å². The molecule has 1 unspecified atom stereocenters. The Labute approximate surface area is 335 Å². The Hall–Kier alpha value is -4.52. The third-order valence-corrected chi connectivity index (χ3v) is 12.3. The van der Waals surface area contributed by atoms with Gasteiger partial charge in [-0.3, -0.25) is 34.2 Å². The van der Waals surface area contributed by atoms with Gasteiger partial charge in [0.15, 0.2) is 0 Å². The molecule has 3 heterocycles. The summed E-state index contributed by atoms with van der Waals surface area (Å²) in [5, 5.41) is 18.6. The number of piperidine rings is 1. The Morgan fingerprint density at radius 2 is 1.65 bits per heavy atom. The van der Waals surface area contributed by atoms with E-state index in [2.05, 4.69) is 48.0 Å². The fraction of sp³-hybridized carbons (Fsp3) is 0.636. The van der Waals surface area contributed by atoms with Crippen LogP contribution in [0.3, 0.4) is 0 Å². The Balaban J connectivity index is 0.823. The molecule has 5 amide bonds. The van der Waals surface area contributed by atoms with Crippen LogP contribution in [0.25, 0.3) is 0 Å². The molecular formula is C44H60N4O9. The van der Waals surface area contributed by atoms with Gasteiger partial charge in [-0.15, -0.1) is 0 Å². The van der Waals surface area contributed by atoms with Gasteiger partial charge in [-0.05, 0) is 74.0 Å².